The van der Waals surface area contributed by atoms with Gasteiger partial charge in [0.05, 0.1) is 26.0 Å². The van der Waals surface area contributed by atoms with E-state index in [4.69, 9.17) is 19.5 Å². The average Bonchev–Trinajstić information content (AvgIpc) is 3.67. The lowest BCUT2D eigenvalue weighted by atomic mass is 9.87. The van der Waals surface area contributed by atoms with Gasteiger partial charge >= 0.3 is 23.5 Å². The highest BCUT2D eigenvalue weighted by Gasteiger charge is 2.50. The number of thioether (sulfide) groups is 1. The Morgan fingerprint density at radius 2 is 1.69 bits per heavy atom. The number of nitrogen functional groups attached to an aromatic ring is 1. The number of rotatable bonds is 25. The summed E-state index contributed by atoms with van der Waals surface area (Å²) in [7, 11) is -16.5. The second kappa shape index (κ2) is 21.5. The fraction of sp³-hybridized carbons (Fsp3) is 0.643. The number of aliphatic hydroxyl groups excluding tert-OH is 2. The molecule has 2 aromatic heterocycles. The van der Waals surface area contributed by atoms with Gasteiger partial charge in [0.15, 0.2) is 22.8 Å². The molecule has 59 heavy (non-hydrogen) atoms. The van der Waals surface area contributed by atoms with Crippen molar-refractivity contribution in [2.75, 3.05) is 37.8 Å². The summed E-state index contributed by atoms with van der Waals surface area (Å²) in [5.41, 5.74) is 4.17. The minimum absolute atomic E-state index is 0.0140. The fourth-order valence-corrected chi connectivity index (χ4v) is 8.55. The molecule has 1 aliphatic heterocycles. The van der Waals surface area contributed by atoms with Crippen molar-refractivity contribution in [2.45, 2.75) is 76.6 Å². The Morgan fingerprint density at radius 3 is 2.36 bits per heavy atom. The fourth-order valence-electron chi connectivity index (χ4n) is 5.03. The number of aliphatic hydroxyl groups is 2. The number of phosphoric ester groups is 3. The number of nitrogens with two attached hydrogens (primary N) is 1. The summed E-state index contributed by atoms with van der Waals surface area (Å²) in [5, 5.41) is 36.1. The van der Waals surface area contributed by atoms with E-state index >= 15 is 0 Å². The molecule has 27 nitrogen and oxygen atoms in total. The number of carboxylic acid groups (broad SMARTS) is 1. The van der Waals surface area contributed by atoms with Gasteiger partial charge in [-0.1, -0.05) is 25.6 Å². The number of nitrogens with zero attached hydrogens (tertiary/aromatic N) is 4. The number of amides is 2. The Morgan fingerprint density at radius 1 is 1.02 bits per heavy atom. The first-order valence-corrected chi connectivity index (χ1v) is 22.6. The zero-order valence-electron chi connectivity index (χ0n) is 31.1. The zero-order chi connectivity index (χ0) is 44.3. The Kier molecular flexibility index (Phi) is 18.2. The maximum Gasteiger partial charge on any atom is 0.481 e. The Balaban J connectivity index is 1.44. The Hall–Kier alpha value is -3.30. The van der Waals surface area contributed by atoms with Crippen molar-refractivity contribution >= 4 is 80.9 Å². The highest BCUT2D eigenvalue weighted by Crippen LogP contribution is 2.61. The highest BCUT2D eigenvalue weighted by atomic mass is 32.2. The topological polar surface area (TPSA) is 421 Å². The predicted octanol–water partition coefficient (Wildman–Crippen LogP) is -2.46. The normalized spacial score (nSPS) is 21.0. The Labute approximate surface area is 338 Å². The number of aromatic nitrogens is 4. The van der Waals surface area contributed by atoms with Gasteiger partial charge in [0.2, 0.25) is 11.8 Å². The molecule has 0 radical (unpaired) electrons. The largest absolute Gasteiger partial charge is 0.550 e. The number of ketones is 1. The van der Waals surface area contributed by atoms with Crippen molar-refractivity contribution in [1.82, 2.24) is 30.2 Å². The van der Waals surface area contributed by atoms with Gasteiger partial charge in [-0.3, -0.25) is 37.3 Å². The molecule has 1 aliphatic rings. The molecule has 1 fully saturated rings. The molecule has 0 saturated carbocycles. The summed E-state index contributed by atoms with van der Waals surface area (Å²) in [5.74, 6) is -3.24. The third-order valence-corrected chi connectivity index (χ3v) is 11.9. The van der Waals surface area contributed by atoms with Gasteiger partial charge in [0.25, 0.3) is 0 Å². The maximum atomic E-state index is 12.7. The number of ether oxygens (including phenoxy) is 1. The van der Waals surface area contributed by atoms with E-state index in [0.717, 1.165) is 29.0 Å². The molecule has 31 heteroatoms. The summed E-state index contributed by atoms with van der Waals surface area (Å²) in [6.45, 7) is 0.0945. The van der Waals surface area contributed by atoms with Crippen LogP contribution in [0.15, 0.2) is 12.7 Å². The number of anilines is 1. The second-order valence-electron chi connectivity index (χ2n) is 13.2. The molecule has 3 rings (SSSR count). The highest BCUT2D eigenvalue weighted by molar-refractivity contribution is 8.13. The third kappa shape index (κ3) is 16.2. The van der Waals surface area contributed by atoms with Crippen molar-refractivity contribution in [3.05, 3.63) is 12.7 Å². The van der Waals surface area contributed by atoms with Crippen LogP contribution in [0.2, 0.25) is 0 Å². The minimum atomic E-state index is -5.60. The van der Waals surface area contributed by atoms with Crippen molar-refractivity contribution < 1.29 is 95.2 Å². The second-order valence-corrected chi connectivity index (χ2v) is 18.6. The minimum Gasteiger partial charge on any atom is -0.550 e. The number of aliphatic carboxylic acids is 1. The van der Waals surface area contributed by atoms with Gasteiger partial charge in [-0.05, 0) is 12.8 Å². The summed E-state index contributed by atoms with van der Waals surface area (Å²) < 4.78 is 62.0. The van der Waals surface area contributed by atoms with Crippen molar-refractivity contribution in [1.29, 1.82) is 0 Å². The molecule has 0 aromatic carbocycles. The molecular formula is C28H43N7O20P3S-. The molecule has 2 amide bonds. The number of Topliss-reactive ketones (excluding diaryl/α,β-unsaturated/α-hetero) is 1. The molecule has 3 heterocycles. The lowest BCUT2D eigenvalue weighted by molar-refractivity contribution is -0.305. The van der Waals surface area contributed by atoms with Crippen LogP contribution in [-0.2, 0) is 60.3 Å². The van der Waals surface area contributed by atoms with Gasteiger partial charge in [0.1, 0.15) is 42.0 Å². The van der Waals surface area contributed by atoms with Gasteiger partial charge in [0, 0.05) is 43.1 Å². The Bertz CT molecular complexity index is 1980. The number of imidazole rings is 1. The lowest BCUT2D eigenvalue weighted by Gasteiger charge is -2.30. The van der Waals surface area contributed by atoms with Gasteiger partial charge in [-0.25, -0.2) is 28.6 Å². The SMILES string of the molecule is CC(C)(COP(=O)(O)OP(=O)(O)OC[C@H]1O[C@@H](n2cnc3c(N)ncnc32)[C@H](O)[C@@H]1OP(=O)(O)O)[C@@H](O)C(=O)NCCC(=O)NCCSC(=O)CC(=O)CCCC(=O)[O-]. The molecule has 332 valence electrons. The van der Waals surface area contributed by atoms with Gasteiger partial charge < -0.3 is 60.8 Å². The number of fused-ring (bicyclic) bond motifs is 1. The first-order chi connectivity index (χ1) is 27.3. The molecule has 0 bridgehead atoms. The van der Waals surface area contributed by atoms with E-state index in [-0.39, 0.29) is 61.5 Å². The standard InChI is InChI=1S/C28H44N7O20P3S/c1-28(2,23(42)26(43)31-7-6-17(37)30-8-9-59-19(40)10-15(36)4-3-5-18(38)39)12-52-58(49,50)55-57(47,48)51-11-16-22(54-56(44,45)46)21(41)27(53-16)35-14-34-20-24(29)32-13-33-25(20)35/h13-14,16,21-23,27,41-42H,3-12H2,1-2H3,(H,30,37)(H,31,43)(H,38,39)(H,47,48)(H,49,50)(H2,29,32,33)(H2,44,45,46)/p-1/t16-,21-,22-,23+,27-/m1/s1. The van der Waals surface area contributed by atoms with E-state index in [0.29, 0.717) is 0 Å². The van der Waals surface area contributed by atoms with Crippen LogP contribution in [0.4, 0.5) is 5.82 Å². The van der Waals surface area contributed by atoms with Crippen LogP contribution < -0.4 is 21.5 Å². The van der Waals surface area contributed by atoms with E-state index in [9.17, 15) is 72.6 Å². The predicted molar refractivity (Wildman–Crippen MR) is 196 cm³/mol. The summed E-state index contributed by atoms with van der Waals surface area (Å²) in [6, 6.07) is 0. The van der Waals surface area contributed by atoms with Crippen LogP contribution in [0.5, 0.6) is 0 Å². The molecule has 0 spiro atoms. The number of nitrogens with one attached hydrogen (secondary N) is 2. The van der Waals surface area contributed by atoms with Gasteiger partial charge in [-0.2, -0.15) is 4.31 Å². The van der Waals surface area contributed by atoms with Crippen LogP contribution in [-0.4, -0.2) is 134 Å². The van der Waals surface area contributed by atoms with Crippen LogP contribution in [0.1, 0.15) is 52.2 Å². The average molecular weight is 923 g/mol. The summed E-state index contributed by atoms with van der Waals surface area (Å²) >= 11 is 0.789. The van der Waals surface area contributed by atoms with E-state index in [1.54, 1.807) is 0 Å². The van der Waals surface area contributed by atoms with Crippen molar-refractivity contribution in [3.8, 4) is 0 Å². The molecule has 2 aromatic rings. The van der Waals surface area contributed by atoms with Gasteiger partial charge in [-0.15, -0.1) is 0 Å². The first-order valence-electron chi connectivity index (χ1n) is 17.1. The van der Waals surface area contributed by atoms with Crippen LogP contribution in [0.25, 0.3) is 11.2 Å². The number of carbonyl (C=O) groups is 5. The van der Waals surface area contributed by atoms with Crippen molar-refractivity contribution in [2.24, 2.45) is 5.41 Å². The van der Waals surface area contributed by atoms with E-state index < -0.39 is 108 Å². The monoisotopic (exact) mass is 922 g/mol. The zero-order valence-corrected chi connectivity index (χ0v) is 34.6. The summed E-state index contributed by atoms with van der Waals surface area (Å²) in [4.78, 5) is 109. The first kappa shape index (κ1) is 50.1. The number of hydrogen-bond donors (Lipinski definition) is 9. The molecule has 1 saturated heterocycles. The maximum absolute atomic E-state index is 12.7. The summed E-state index contributed by atoms with van der Waals surface area (Å²) in [6.07, 6.45) is -7.90. The van der Waals surface area contributed by atoms with Crippen LogP contribution >= 0.6 is 35.2 Å². The lowest BCUT2D eigenvalue weighted by Crippen LogP contribution is -2.46. The number of phosphoric acid groups is 3. The number of hydrogen-bond acceptors (Lipinski definition) is 21. The van der Waals surface area contributed by atoms with Crippen LogP contribution in [0, 0.1) is 5.41 Å². The molecular weight excluding hydrogens is 879 g/mol. The molecule has 0 aliphatic carbocycles. The van der Waals surface area contributed by atoms with Crippen LogP contribution in [0.3, 0.4) is 0 Å². The number of carbonyl (C=O) groups excluding carboxylic acids is 5. The van der Waals surface area contributed by atoms with Crippen molar-refractivity contribution in [3.63, 3.8) is 0 Å². The number of carboxylic acids is 1. The van der Waals surface area contributed by atoms with E-state index in [1.165, 1.54) is 13.8 Å². The smallest absolute Gasteiger partial charge is 0.481 e. The molecule has 2 unspecified atom stereocenters. The van der Waals surface area contributed by atoms with E-state index in [1.807, 2.05) is 0 Å². The molecule has 10 N–H and O–H groups in total. The quantitative estimate of drug-likeness (QED) is 0.0283. The van der Waals surface area contributed by atoms with E-state index in [2.05, 4.69) is 34.4 Å². The molecule has 7 atom stereocenters. The third-order valence-electron chi connectivity index (χ3n) is 7.94.